The normalized spacial score (nSPS) is 27.3. The SMILES string of the molecule is CC(C1=CC(C(N)=O)CCC1c1ccccc1)N1CCCCC1. The molecule has 124 valence electrons. The molecule has 0 bridgehead atoms. The van der Waals surface area contributed by atoms with E-state index in [1.54, 1.807) is 0 Å². The van der Waals surface area contributed by atoms with Gasteiger partial charge in [0.05, 0.1) is 5.92 Å². The van der Waals surface area contributed by atoms with Crippen LogP contribution in [-0.4, -0.2) is 29.9 Å². The second-order valence-corrected chi connectivity index (χ2v) is 6.99. The smallest absolute Gasteiger partial charge is 0.224 e. The summed E-state index contributed by atoms with van der Waals surface area (Å²) in [5.74, 6) is 0.140. The van der Waals surface area contributed by atoms with E-state index in [1.807, 2.05) is 0 Å². The van der Waals surface area contributed by atoms with Gasteiger partial charge in [0.15, 0.2) is 0 Å². The zero-order valence-electron chi connectivity index (χ0n) is 14.1. The van der Waals surface area contributed by atoms with Crippen LogP contribution >= 0.6 is 0 Å². The molecule has 1 aromatic rings. The lowest BCUT2D eigenvalue weighted by molar-refractivity contribution is -0.120. The molecule has 2 aliphatic rings. The maximum absolute atomic E-state index is 11.7. The minimum atomic E-state index is -0.181. The van der Waals surface area contributed by atoms with Crippen molar-refractivity contribution in [3.63, 3.8) is 0 Å². The first-order valence-corrected chi connectivity index (χ1v) is 8.96. The molecule has 2 N–H and O–H groups in total. The zero-order chi connectivity index (χ0) is 16.2. The molecular formula is C20H28N2O. The predicted octanol–water partition coefficient (Wildman–Crippen LogP) is 3.47. The van der Waals surface area contributed by atoms with Crippen LogP contribution in [0.5, 0.6) is 0 Å². The van der Waals surface area contributed by atoms with Crippen LogP contribution in [0.15, 0.2) is 42.0 Å². The van der Waals surface area contributed by atoms with Crippen molar-refractivity contribution in [3.05, 3.63) is 47.5 Å². The van der Waals surface area contributed by atoms with Crippen molar-refractivity contribution < 1.29 is 4.79 Å². The van der Waals surface area contributed by atoms with Gasteiger partial charge >= 0.3 is 0 Å². The zero-order valence-corrected chi connectivity index (χ0v) is 14.1. The second kappa shape index (κ2) is 7.31. The second-order valence-electron chi connectivity index (χ2n) is 6.99. The molecular weight excluding hydrogens is 284 g/mol. The maximum atomic E-state index is 11.7. The molecule has 1 heterocycles. The van der Waals surface area contributed by atoms with Crippen LogP contribution in [0.3, 0.4) is 0 Å². The van der Waals surface area contributed by atoms with Gasteiger partial charge in [-0.2, -0.15) is 0 Å². The molecule has 0 spiro atoms. The largest absolute Gasteiger partial charge is 0.369 e. The molecule has 1 saturated heterocycles. The summed E-state index contributed by atoms with van der Waals surface area (Å²) in [5, 5.41) is 0. The quantitative estimate of drug-likeness (QED) is 0.865. The third kappa shape index (κ3) is 3.66. The first-order chi connectivity index (χ1) is 11.2. The average molecular weight is 312 g/mol. The van der Waals surface area contributed by atoms with Gasteiger partial charge in [0, 0.05) is 12.0 Å². The highest BCUT2D eigenvalue weighted by Gasteiger charge is 2.32. The Bertz CT molecular complexity index is 560. The van der Waals surface area contributed by atoms with Crippen molar-refractivity contribution >= 4 is 5.91 Å². The van der Waals surface area contributed by atoms with E-state index in [4.69, 9.17) is 5.73 Å². The number of primary amides is 1. The van der Waals surface area contributed by atoms with E-state index in [-0.39, 0.29) is 11.8 Å². The molecule has 23 heavy (non-hydrogen) atoms. The van der Waals surface area contributed by atoms with E-state index in [0.29, 0.717) is 12.0 Å². The fourth-order valence-corrected chi connectivity index (χ4v) is 4.16. The minimum Gasteiger partial charge on any atom is -0.369 e. The summed E-state index contributed by atoms with van der Waals surface area (Å²) in [6.45, 7) is 4.64. The lowest BCUT2D eigenvalue weighted by Crippen LogP contribution is -2.41. The number of carbonyl (C=O) groups excluding carboxylic acids is 1. The van der Waals surface area contributed by atoms with Gasteiger partial charge in [-0.05, 0) is 56.8 Å². The first kappa shape index (κ1) is 16.3. The van der Waals surface area contributed by atoms with E-state index < -0.39 is 0 Å². The standard InChI is InChI=1S/C20H28N2O/c1-15(22-12-6-3-7-13-22)19-14-17(20(21)23)10-11-18(19)16-8-4-2-5-9-16/h2,4-5,8-9,14-15,17-18H,3,6-7,10-13H2,1H3,(H2,21,23). The van der Waals surface area contributed by atoms with Gasteiger partial charge < -0.3 is 5.73 Å². The summed E-state index contributed by atoms with van der Waals surface area (Å²) in [4.78, 5) is 14.3. The fourth-order valence-electron chi connectivity index (χ4n) is 4.16. The van der Waals surface area contributed by atoms with Crippen molar-refractivity contribution in [2.24, 2.45) is 11.7 Å². The minimum absolute atomic E-state index is 0.0998. The summed E-state index contributed by atoms with van der Waals surface area (Å²) in [6.07, 6.45) is 7.98. The molecule has 3 rings (SSSR count). The van der Waals surface area contributed by atoms with Crippen LogP contribution in [0.4, 0.5) is 0 Å². The number of hydrogen-bond acceptors (Lipinski definition) is 2. The van der Waals surface area contributed by atoms with E-state index in [1.165, 1.54) is 43.5 Å². The summed E-state index contributed by atoms with van der Waals surface area (Å²) < 4.78 is 0. The van der Waals surface area contributed by atoms with Crippen molar-refractivity contribution in [1.29, 1.82) is 0 Å². The van der Waals surface area contributed by atoms with Crippen LogP contribution in [0, 0.1) is 5.92 Å². The Morgan fingerprint density at radius 1 is 1.13 bits per heavy atom. The Hall–Kier alpha value is -1.61. The Kier molecular flexibility index (Phi) is 5.16. The van der Waals surface area contributed by atoms with Gasteiger partial charge in [-0.1, -0.05) is 42.8 Å². The predicted molar refractivity (Wildman–Crippen MR) is 94.1 cm³/mol. The van der Waals surface area contributed by atoms with Crippen LogP contribution in [0.25, 0.3) is 0 Å². The van der Waals surface area contributed by atoms with Crippen LogP contribution < -0.4 is 5.73 Å². The van der Waals surface area contributed by atoms with Crippen LogP contribution in [-0.2, 0) is 4.79 Å². The van der Waals surface area contributed by atoms with Crippen molar-refractivity contribution in [3.8, 4) is 0 Å². The number of piperidine rings is 1. The molecule has 1 aliphatic heterocycles. The topological polar surface area (TPSA) is 46.3 Å². The van der Waals surface area contributed by atoms with E-state index in [2.05, 4.69) is 48.2 Å². The number of rotatable bonds is 4. The Morgan fingerprint density at radius 3 is 2.48 bits per heavy atom. The third-order valence-electron chi connectivity index (χ3n) is 5.55. The third-order valence-corrected chi connectivity index (χ3v) is 5.55. The number of amides is 1. The fraction of sp³-hybridized carbons (Fsp3) is 0.550. The van der Waals surface area contributed by atoms with Crippen molar-refractivity contribution in [2.45, 2.75) is 51.0 Å². The molecule has 1 fully saturated rings. The molecule has 3 atom stereocenters. The Morgan fingerprint density at radius 2 is 1.83 bits per heavy atom. The van der Waals surface area contributed by atoms with E-state index in [9.17, 15) is 4.79 Å². The van der Waals surface area contributed by atoms with Crippen molar-refractivity contribution in [1.82, 2.24) is 4.90 Å². The molecule has 0 saturated carbocycles. The lowest BCUT2D eigenvalue weighted by atomic mass is 9.75. The molecule has 1 aliphatic carbocycles. The summed E-state index contributed by atoms with van der Waals surface area (Å²) in [5.41, 5.74) is 8.36. The van der Waals surface area contributed by atoms with Gasteiger partial charge in [0.1, 0.15) is 0 Å². The molecule has 1 amide bonds. The van der Waals surface area contributed by atoms with Crippen LogP contribution in [0.1, 0.15) is 50.5 Å². The highest BCUT2D eigenvalue weighted by molar-refractivity contribution is 5.79. The molecule has 3 heteroatoms. The average Bonchev–Trinajstić information content (AvgIpc) is 2.62. The Labute approximate surface area is 139 Å². The van der Waals surface area contributed by atoms with Gasteiger partial charge in [0.25, 0.3) is 0 Å². The summed E-state index contributed by atoms with van der Waals surface area (Å²) >= 11 is 0. The summed E-state index contributed by atoms with van der Waals surface area (Å²) in [6, 6.07) is 11.1. The van der Waals surface area contributed by atoms with E-state index >= 15 is 0 Å². The van der Waals surface area contributed by atoms with Gasteiger partial charge in [-0.15, -0.1) is 0 Å². The number of nitrogens with zero attached hydrogens (tertiary/aromatic N) is 1. The number of likely N-dealkylation sites (tertiary alicyclic amines) is 1. The monoisotopic (exact) mass is 312 g/mol. The highest BCUT2D eigenvalue weighted by atomic mass is 16.1. The van der Waals surface area contributed by atoms with E-state index in [0.717, 1.165) is 12.8 Å². The maximum Gasteiger partial charge on any atom is 0.224 e. The first-order valence-electron chi connectivity index (χ1n) is 8.96. The Balaban J connectivity index is 1.89. The number of benzene rings is 1. The van der Waals surface area contributed by atoms with Gasteiger partial charge in [-0.25, -0.2) is 0 Å². The summed E-state index contributed by atoms with van der Waals surface area (Å²) in [7, 11) is 0. The molecule has 3 unspecified atom stereocenters. The molecule has 0 aromatic heterocycles. The van der Waals surface area contributed by atoms with Gasteiger partial charge in [0.2, 0.25) is 5.91 Å². The number of nitrogens with two attached hydrogens (primary N) is 1. The molecule has 1 aromatic carbocycles. The number of carbonyl (C=O) groups is 1. The van der Waals surface area contributed by atoms with Crippen LogP contribution in [0.2, 0.25) is 0 Å². The molecule has 0 radical (unpaired) electrons. The van der Waals surface area contributed by atoms with Gasteiger partial charge in [-0.3, -0.25) is 9.69 Å². The lowest BCUT2D eigenvalue weighted by Gasteiger charge is -2.39. The van der Waals surface area contributed by atoms with Crippen molar-refractivity contribution in [2.75, 3.05) is 13.1 Å². The molecule has 3 nitrogen and oxygen atoms in total. The number of hydrogen-bond donors (Lipinski definition) is 1. The highest BCUT2D eigenvalue weighted by Crippen LogP contribution is 2.39.